The topological polar surface area (TPSA) is 55.1 Å². The van der Waals surface area contributed by atoms with Crippen molar-refractivity contribution in [2.75, 3.05) is 13.1 Å². The molecule has 0 aliphatic heterocycles. The van der Waals surface area contributed by atoms with Gasteiger partial charge in [0.1, 0.15) is 0 Å². The maximum absolute atomic E-state index is 11.8. The summed E-state index contributed by atoms with van der Waals surface area (Å²) in [6.07, 6.45) is 1.86. The van der Waals surface area contributed by atoms with E-state index in [0.29, 0.717) is 18.7 Å². The van der Waals surface area contributed by atoms with Gasteiger partial charge in [0.25, 0.3) is 5.91 Å². The zero-order valence-corrected chi connectivity index (χ0v) is 12.5. The number of hydrogen-bond donors (Lipinski definition) is 2. The Morgan fingerprint density at radius 3 is 2.88 bits per heavy atom. The number of nitrogens with one attached hydrogen (secondary N) is 1. The van der Waals surface area contributed by atoms with Gasteiger partial charge in [0.05, 0.1) is 5.56 Å². The number of benzene rings is 1. The Morgan fingerprint density at radius 2 is 2.19 bits per heavy atom. The van der Waals surface area contributed by atoms with E-state index in [0.717, 1.165) is 20.9 Å². The third-order valence-electron chi connectivity index (χ3n) is 2.09. The normalized spacial score (nSPS) is 10.2. The average Bonchev–Trinajstić information content (AvgIpc) is 2.27. The molecule has 0 unspecified atom stereocenters. The smallest absolute Gasteiger partial charge is 0.252 e. The average molecular weight is 397 g/mol. The van der Waals surface area contributed by atoms with Crippen molar-refractivity contribution in [3.05, 3.63) is 31.8 Å². The summed E-state index contributed by atoms with van der Waals surface area (Å²) in [5.41, 5.74) is 6.09. The Morgan fingerprint density at radius 1 is 1.44 bits per heavy atom. The van der Waals surface area contributed by atoms with Crippen LogP contribution in [0.2, 0.25) is 0 Å². The first-order valence-corrected chi connectivity index (χ1v) is 6.95. The zero-order chi connectivity index (χ0) is 12.0. The fraction of sp³-hybridized carbons (Fsp3) is 0.364. The maximum Gasteiger partial charge on any atom is 0.252 e. The van der Waals surface area contributed by atoms with Crippen molar-refractivity contribution in [1.29, 1.82) is 0 Å². The molecule has 3 nitrogen and oxygen atoms in total. The van der Waals surface area contributed by atoms with Crippen LogP contribution >= 0.6 is 38.5 Å². The van der Waals surface area contributed by atoms with Crippen LogP contribution in [0.5, 0.6) is 0 Å². The van der Waals surface area contributed by atoms with Crippen LogP contribution in [0.15, 0.2) is 22.7 Å². The number of rotatable bonds is 5. The number of carbonyl (C=O) groups excluding carboxylic acids is 1. The summed E-state index contributed by atoms with van der Waals surface area (Å²) in [6.45, 7) is 1.35. The molecule has 0 heterocycles. The predicted molar refractivity (Wildman–Crippen MR) is 77.5 cm³/mol. The van der Waals surface area contributed by atoms with E-state index in [9.17, 15) is 4.79 Å². The van der Waals surface area contributed by atoms with Gasteiger partial charge in [0, 0.05) is 14.6 Å². The van der Waals surface area contributed by atoms with Crippen LogP contribution in [-0.4, -0.2) is 19.0 Å². The second kappa shape index (κ2) is 7.24. The van der Waals surface area contributed by atoms with Gasteiger partial charge in [-0.15, -0.1) is 0 Å². The Balaban J connectivity index is 2.55. The second-order valence-corrected chi connectivity index (χ2v) is 5.45. The highest BCUT2D eigenvalue weighted by molar-refractivity contribution is 14.1. The summed E-state index contributed by atoms with van der Waals surface area (Å²) in [5, 5.41) is 2.88. The van der Waals surface area contributed by atoms with E-state index in [1.54, 1.807) is 0 Å². The van der Waals surface area contributed by atoms with E-state index in [4.69, 9.17) is 5.73 Å². The van der Waals surface area contributed by atoms with Crippen molar-refractivity contribution in [2.24, 2.45) is 5.73 Å². The molecular weight excluding hydrogens is 383 g/mol. The van der Waals surface area contributed by atoms with Crippen LogP contribution in [0.25, 0.3) is 0 Å². The van der Waals surface area contributed by atoms with Gasteiger partial charge in [0.2, 0.25) is 0 Å². The minimum atomic E-state index is -0.0253. The summed E-state index contributed by atoms with van der Waals surface area (Å²) >= 11 is 5.52. The van der Waals surface area contributed by atoms with Gasteiger partial charge < -0.3 is 11.1 Å². The van der Waals surface area contributed by atoms with Gasteiger partial charge >= 0.3 is 0 Å². The SMILES string of the molecule is NCCCCNC(=O)c1cc(Br)ccc1I. The Labute approximate surface area is 117 Å². The summed E-state index contributed by atoms with van der Waals surface area (Å²) in [7, 11) is 0. The quantitative estimate of drug-likeness (QED) is 0.593. The first-order chi connectivity index (χ1) is 7.65. The molecular formula is C11H14BrIN2O. The van der Waals surface area contributed by atoms with Crippen LogP contribution in [0.3, 0.4) is 0 Å². The molecule has 1 rings (SSSR count). The molecule has 16 heavy (non-hydrogen) atoms. The van der Waals surface area contributed by atoms with Crippen molar-refractivity contribution in [1.82, 2.24) is 5.32 Å². The molecule has 0 saturated carbocycles. The molecule has 0 aromatic heterocycles. The van der Waals surface area contributed by atoms with Crippen molar-refractivity contribution in [3.63, 3.8) is 0 Å². The third-order valence-corrected chi connectivity index (χ3v) is 3.52. The number of nitrogens with two attached hydrogens (primary N) is 1. The van der Waals surface area contributed by atoms with Crippen molar-refractivity contribution < 1.29 is 4.79 Å². The molecule has 0 saturated heterocycles. The first kappa shape index (κ1) is 13.9. The van der Waals surface area contributed by atoms with Crippen LogP contribution < -0.4 is 11.1 Å². The van der Waals surface area contributed by atoms with Crippen molar-refractivity contribution in [3.8, 4) is 0 Å². The number of halogens is 2. The lowest BCUT2D eigenvalue weighted by atomic mass is 10.2. The van der Waals surface area contributed by atoms with Crippen LogP contribution in [-0.2, 0) is 0 Å². The first-order valence-electron chi connectivity index (χ1n) is 5.08. The standard InChI is InChI=1S/C11H14BrIN2O/c12-8-3-4-10(13)9(7-8)11(16)15-6-2-1-5-14/h3-4,7H,1-2,5-6,14H2,(H,15,16). The Kier molecular flexibility index (Phi) is 6.30. The largest absolute Gasteiger partial charge is 0.352 e. The molecule has 0 radical (unpaired) electrons. The van der Waals surface area contributed by atoms with E-state index >= 15 is 0 Å². The number of carbonyl (C=O) groups is 1. The molecule has 1 aromatic rings. The van der Waals surface area contributed by atoms with Gasteiger partial charge in [-0.1, -0.05) is 15.9 Å². The van der Waals surface area contributed by atoms with Gasteiger partial charge in [-0.25, -0.2) is 0 Å². The third kappa shape index (κ3) is 4.39. The van der Waals surface area contributed by atoms with Crippen LogP contribution in [0.4, 0.5) is 0 Å². The molecule has 0 bridgehead atoms. The van der Waals surface area contributed by atoms with Gasteiger partial charge in [-0.05, 0) is 60.2 Å². The van der Waals surface area contributed by atoms with E-state index in [1.807, 2.05) is 18.2 Å². The predicted octanol–water partition coefficient (Wildman–Crippen LogP) is 2.52. The molecule has 1 amide bonds. The van der Waals surface area contributed by atoms with Gasteiger partial charge in [-0.2, -0.15) is 0 Å². The van der Waals surface area contributed by atoms with Crippen molar-refractivity contribution >= 4 is 44.4 Å². The molecule has 0 spiro atoms. The van der Waals surface area contributed by atoms with Crippen molar-refractivity contribution in [2.45, 2.75) is 12.8 Å². The van der Waals surface area contributed by atoms with E-state index in [-0.39, 0.29) is 5.91 Å². The molecule has 1 aromatic carbocycles. The summed E-state index contributed by atoms with van der Waals surface area (Å²) in [4.78, 5) is 11.8. The molecule has 0 fully saturated rings. The number of unbranched alkanes of at least 4 members (excludes halogenated alkanes) is 1. The van der Waals surface area contributed by atoms with Crippen LogP contribution in [0, 0.1) is 3.57 Å². The Bertz CT molecular complexity index is 371. The number of amides is 1. The fourth-order valence-corrected chi connectivity index (χ4v) is 2.18. The lowest BCUT2D eigenvalue weighted by molar-refractivity contribution is 0.0952. The minimum absolute atomic E-state index is 0.0253. The highest BCUT2D eigenvalue weighted by Crippen LogP contribution is 2.18. The van der Waals surface area contributed by atoms with E-state index in [1.165, 1.54) is 0 Å². The molecule has 0 aliphatic carbocycles. The monoisotopic (exact) mass is 396 g/mol. The summed E-state index contributed by atoms with van der Waals surface area (Å²) in [5.74, 6) is -0.0253. The lowest BCUT2D eigenvalue weighted by Gasteiger charge is -2.06. The Hall–Kier alpha value is -0.140. The van der Waals surface area contributed by atoms with Crippen LogP contribution in [0.1, 0.15) is 23.2 Å². The molecule has 88 valence electrons. The van der Waals surface area contributed by atoms with Gasteiger partial charge in [0.15, 0.2) is 0 Å². The maximum atomic E-state index is 11.8. The summed E-state index contributed by atoms with van der Waals surface area (Å²) in [6, 6.07) is 5.67. The highest BCUT2D eigenvalue weighted by Gasteiger charge is 2.09. The lowest BCUT2D eigenvalue weighted by Crippen LogP contribution is -2.25. The van der Waals surface area contributed by atoms with E-state index in [2.05, 4.69) is 43.8 Å². The molecule has 3 N–H and O–H groups in total. The minimum Gasteiger partial charge on any atom is -0.352 e. The molecule has 5 heteroatoms. The fourth-order valence-electron chi connectivity index (χ4n) is 1.24. The molecule has 0 aliphatic rings. The van der Waals surface area contributed by atoms with Gasteiger partial charge in [-0.3, -0.25) is 4.79 Å². The molecule has 0 atom stereocenters. The second-order valence-electron chi connectivity index (χ2n) is 3.38. The zero-order valence-electron chi connectivity index (χ0n) is 8.80. The highest BCUT2D eigenvalue weighted by atomic mass is 127. The number of hydrogen-bond acceptors (Lipinski definition) is 2. The summed E-state index contributed by atoms with van der Waals surface area (Å²) < 4.78 is 1.87. The van der Waals surface area contributed by atoms with E-state index < -0.39 is 0 Å².